The van der Waals surface area contributed by atoms with Crippen LogP contribution in [0.5, 0.6) is 0 Å². The van der Waals surface area contributed by atoms with Crippen LogP contribution in [0.3, 0.4) is 0 Å². The Bertz CT molecular complexity index is 335. The molecular formula is C12H15FO. The summed E-state index contributed by atoms with van der Waals surface area (Å²) in [4.78, 5) is 0. The minimum atomic E-state index is -0.280. The van der Waals surface area contributed by atoms with E-state index >= 15 is 0 Å². The van der Waals surface area contributed by atoms with E-state index in [9.17, 15) is 9.50 Å². The van der Waals surface area contributed by atoms with Crippen molar-refractivity contribution in [3.8, 4) is 0 Å². The maximum atomic E-state index is 13.3. The number of hydrogen-bond acceptors (Lipinski definition) is 1. The summed E-state index contributed by atoms with van der Waals surface area (Å²) in [6.07, 6.45) is 2.59. The minimum absolute atomic E-state index is 0.144. The molecule has 1 aliphatic carbocycles. The first-order chi connectivity index (χ1) is 6.68. The van der Waals surface area contributed by atoms with Crippen molar-refractivity contribution in [3.05, 3.63) is 35.1 Å². The van der Waals surface area contributed by atoms with Crippen LogP contribution in [0.2, 0.25) is 0 Å². The molecule has 1 nitrogen and oxygen atoms in total. The van der Waals surface area contributed by atoms with E-state index in [4.69, 9.17) is 0 Å². The summed E-state index contributed by atoms with van der Waals surface area (Å²) >= 11 is 0. The highest BCUT2D eigenvalue weighted by Crippen LogP contribution is 2.34. The highest BCUT2D eigenvalue weighted by molar-refractivity contribution is 5.27. The molecule has 0 bridgehead atoms. The summed E-state index contributed by atoms with van der Waals surface area (Å²) in [6.45, 7) is 1.75. The summed E-state index contributed by atoms with van der Waals surface area (Å²) < 4.78 is 13.3. The molecule has 76 valence electrons. The number of rotatable bonds is 1. The highest BCUT2D eigenvalue weighted by Gasteiger charge is 2.26. The van der Waals surface area contributed by atoms with Gasteiger partial charge >= 0.3 is 0 Å². The van der Waals surface area contributed by atoms with Gasteiger partial charge in [0.2, 0.25) is 0 Å². The Hall–Kier alpha value is -0.890. The molecule has 2 rings (SSSR count). The van der Waals surface area contributed by atoms with Gasteiger partial charge in [-0.15, -0.1) is 0 Å². The molecule has 1 fully saturated rings. The number of aryl methyl sites for hydroxylation is 1. The van der Waals surface area contributed by atoms with E-state index in [0.717, 1.165) is 24.8 Å². The maximum absolute atomic E-state index is 13.3. The first kappa shape index (κ1) is 9.66. The Morgan fingerprint density at radius 2 is 2.14 bits per heavy atom. The summed E-state index contributed by atoms with van der Waals surface area (Å²) in [5.74, 6) is -0.0216. The third kappa shape index (κ3) is 1.67. The topological polar surface area (TPSA) is 20.2 Å². The number of aliphatic hydroxyl groups is 1. The molecule has 1 aliphatic rings. The van der Waals surface area contributed by atoms with Crippen molar-refractivity contribution in [2.45, 2.75) is 38.2 Å². The van der Waals surface area contributed by atoms with Gasteiger partial charge in [0, 0.05) is 5.92 Å². The first-order valence-electron chi connectivity index (χ1n) is 5.12. The monoisotopic (exact) mass is 194 g/mol. The molecule has 0 saturated heterocycles. The molecule has 0 aromatic heterocycles. The number of aliphatic hydroxyl groups excluding tert-OH is 1. The molecule has 0 heterocycles. The lowest BCUT2D eigenvalue weighted by atomic mass is 9.95. The molecule has 0 amide bonds. The quantitative estimate of drug-likeness (QED) is 0.728. The van der Waals surface area contributed by atoms with Crippen LogP contribution in [0, 0.1) is 12.7 Å². The molecule has 1 aromatic rings. The zero-order chi connectivity index (χ0) is 10.1. The predicted molar refractivity (Wildman–Crippen MR) is 53.7 cm³/mol. The van der Waals surface area contributed by atoms with E-state index in [0.29, 0.717) is 5.56 Å². The van der Waals surface area contributed by atoms with Crippen molar-refractivity contribution >= 4 is 0 Å². The van der Waals surface area contributed by atoms with Crippen LogP contribution in [0.25, 0.3) is 0 Å². The summed E-state index contributed by atoms with van der Waals surface area (Å²) in [5.41, 5.74) is 1.61. The SMILES string of the molecule is Cc1ccc(C2CCCC2O)cc1F. The van der Waals surface area contributed by atoms with Crippen molar-refractivity contribution in [1.29, 1.82) is 0 Å². The normalized spacial score (nSPS) is 26.8. The van der Waals surface area contributed by atoms with Gasteiger partial charge < -0.3 is 5.11 Å². The average molecular weight is 194 g/mol. The molecule has 1 saturated carbocycles. The fourth-order valence-corrected chi connectivity index (χ4v) is 2.17. The maximum Gasteiger partial charge on any atom is 0.126 e. The number of halogens is 1. The van der Waals surface area contributed by atoms with Crippen molar-refractivity contribution in [1.82, 2.24) is 0 Å². The zero-order valence-electron chi connectivity index (χ0n) is 8.33. The van der Waals surface area contributed by atoms with Crippen LogP contribution in [-0.4, -0.2) is 11.2 Å². The van der Waals surface area contributed by atoms with Gasteiger partial charge in [-0.3, -0.25) is 0 Å². The van der Waals surface area contributed by atoms with Crippen molar-refractivity contribution in [3.63, 3.8) is 0 Å². The van der Waals surface area contributed by atoms with E-state index in [-0.39, 0.29) is 17.8 Å². The van der Waals surface area contributed by atoms with Crippen LogP contribution in [-0.2, 0) is 0 Å². The van der Waals surface area contributed by atoms with E-state index in [1.807, 2.05) is 6.07 Å². The van der Waals surface area contributed by atoms with E-state index in [1.54, 1.807) is 19.1 Å². The molecule has 2 unspecified atom stereocenters. The minimum Gasteiger partial charge on any atom is -0.392 e. The van der Waals surface area contributed by atoms with E-state index in [2.05, 4.69) is 0 Å². The van der Waals surface area contributed by atoms with Gasteiger partial charge in [0.15, 0.2) is 0 Å². The highest BCUT2D eigenvalue weighted by atomic mass is 19.1. The standard InChI is InChI=1S/C12H15FO/c1-8-5-6-9(7-11(8)13)10-3-2-4-12(10)14/h5-7,10,12,14H,2-4H2,1H3. The first-order valence-corrected chi connectivity index (χ1v) is 5.12. The van der Waals surface area contributed by atoms with Crippen LogP contribution < -0.4 is 0 Å². The fourth-order valence-electron chi connectivity index (χ4n) is 2.17. The Morgan fingerprint density at radius 3 is 2.71 bits per heavy atom. The van der Waals surface area contributed by atoms with Crippen LogP contribution in [0.1, 0.15) is 36.3 Å². The lowest BCUT2D eigenvalue weighted by Crippen LogP contribution is -2.11. The second kappa shape index (κ2) is 3.70. The van der Waals surface area contributed by atoms with Gasteiger partial charge in [-0.25, -0.2) is 4.39 Å². The molecule has 0 radical (unpaired) electrons. The smallest absolute Gasteiger partial charge is 0.126 e. The van der Waals surface area contributed by atoms with Gasteiger partial charge in [0.25, 0.3) is 0 Å². The van der Waals surface area contributed by atoms with Gasteiger partial charge in [0.05, 0.1) is 6.10 Å². The Kier molecular flexibility index (Phi) is 2.55. The lowest BCUT2D eigenvalue weighted by molar-refractivity contribution is 0.163. The molecule has 1 N–H and O–H groups in total. The number of benzene rings is 1. The number of hydrogen-bond donors (Lipinski definition) is 1. The average Bonchev–Trinajstić information content (AvgIpc) is 2.57. The van der Waals surface area contributed by atoms with Crippen molar-refractivity contribution in [2.75, 3.05) is 0 Å². The summed E-state index contributed by atoms with van der Waals surface area (Å²) in [7, 11) is 0. The second-order valence-corrected chi connectivity index (χ2v) is 4.11. The summed E-state index contributed by atoms with van der Waals surface area (Å²) in [5, 5.41) is 9.68. The fraction of sp³-hybridized carbons (Fsp3) is 0.500. The third-order valence-electron chi connectivity index (χ3n) is 3.10. The van der Waals surface area contributed by atoms with E-state index in [1.165, 1.54) is 0 Å². The Labute approximate surface area is 83.6 Å². The third-order valence-corrected chi connectivity index (χ3v) is 3.10. The Balaban J connectivity index is 2.28. The molecule has 14 heavy (non-hydrogen) atoms. The molecule has 2 atom stereocenters. The second-order valence-electron chi connectivity index (χ2n) is 4.11. The predicted octanol–water partition coefficient (Wildman–Crippen LogP) is 2.76. The Morgan fingerprint density at radius 1 is 1.36 bits per heavy atom. The molecular weight excluding hydrogens is 179 g/mol. The van der Waals surface area contributed by atoms with Gasteiger partial charge in [-0.05, 0) is 37.0 Å². The summed E-state index contributed by atoms with van der Waals surface area (Å²) in [6, 6.07) is 5.28. The van der Waals surface area contributed by atoms with Gasteiger partial charge in [-0.2, -0.15) is 0 Å². The van der Waals surface area contributed by atoms with Crippen molar-refractivity contribution in [2.24, 2.45) is 0 Å². The molecule has 1 aromatic carbocycles. The van der Waals surface area contributed by atoms with Crippen molar-refractivity contribution < 1.29 is 9.50 Å². The van der Waals surface area contributed by atoms with Crippen LogP contribution in [0.15, 0.2) is 18.2 Å². The van der Waals surface area contributed by atoms with Crippen LogP contribution in [0.4, 0.5) is 4.39 Å². The molecule has 2 heteroatoms. The van der Waals surface area contributed by atoms with Gasteiger partial charge in [0.1, 0.15) is 5.82 Å². The van der Waals surface area contributed by atoms with Crippen LogP contribution >= 0.6 is 0 Å². The largest absolute Gasteiger partial charge is 0.392 e. The van der Waals surface area contributed by atoms with E-state index < -0.39 is 0 Å². The molecule has 0 spiro atoms. The lowest BCUT2D eigenvalue weighted by Gasteiger charge is -2.15. The molecule has 0 aliphatic heterocycles. The zero-order valence-corrected chi connectivity index (χ0v) is 8.33. The van der Waals surface area contributed by atoms with Gasteiger partial charge in [-0.1, -0.05) is 18.6 Å².